The molecule has 2 aromatic heterocycles. The molecule has 1 aromatic carbocycles. The summed E-state index contributed by atoms with van der Waals surface area (Å²) in [6, 6.07) is 3.99. The Hall–Kier alpha value is -3.31. The largest absolute Gasteiger partial charge is 0.459 e. The first-order valence-corrected chi connectivity index (χ1v) is 10.5. The molecule has 2 heterocycles. The molecule has 8 nitrogen and oxygen atoms in total. The lowest BCUT2D eigenvalue weighted by Crippen LogP contribution is -2.38. The molecule has 0 unspecified atom stereocenters. The lowest BCUT2D eigenvalue weighted by Gasteiger charge is -2.22. The highest BCUT2D eigenvalue weighted by atomic mass is 79.9. The topological polar surface area (TPSA) is 114 Å². The van der Waals surface area contributed by atoms with E-state index in [1.165, 1.54) is 19.9 Å². The lowest BCUT2D eigenvalue weighted by molar-refractivity contribution is -0.291. The van der Waals surface area contributed by atoms with E-state index in [-0.39, 0.29) is 27.1 Å². The molecule has 0 fully saturated rings. The molecule has 0 aliphatic carbocycles. The number of H-pyrrole nitrogens is 1. The number of nitrogens with one attached hydrogen (secondary N) is 1. The van der Waals surface area contributed by atoms with Gasteiger partial charge in [0, 0.05) is 10.2 Å². The lowest BCUT2D eigenvalue weighted by atomic mass is 10.2. The predicted molar refractivity (Wildman–Crippen MR) is 116 cm³/mol. The Morgan fingerprint density at radius 3 is 2.46 bits per heavy atom. The highest BCUT2D eigenvalue weighted by molar-refractivity contribution is 9.10. The van der Waals surface area contributed by atoms with Crippen LogP contribution in [-0.2, 0) is 12.5 Å². The van der Waals surface area contributed by atoms with Gasteiger partial charge in [0.25, 0.3) is 11.1 Å². The molecule has 15 heteroatoms. The summed E-state index contributed by atoms with van der Waals surface area (Å²) < 4.78 is 73.9. The summed E-state index contributed by atoms with van der Waals surface area (Å²) in [6.45, 7) is 2.39. The molecule has 0 amide bonds. The van der Waals surface area contributed by atoms with E-state index in [9.17, 15) is 31.5 Å². The number of nitrogens with zero attached hydrogens (tertiary/aromatic N) is 4. The van der Waals surface area contributed by atoms with Gasteiger partial charge in [-0.05, 0) is 26.0 Å². The Labute approximate surface area is 206 Å². The molecule has 1 N–H and O–H groups in total. The number of aromatic nitrogens is 4. The zero-order valence-corrected chi connectivity index (χ0v) is 19.9. The van der Waals surface area contributed by atoms with Gasteiger partial charge in [-0.15, -0.1) is 0 Å². The van der Waals surface area contributed by atoms with E-state index in [1.807, 2.05) is 0 Å². The van der Waals surface area contributed by atoms with Gasteiger partial charge in [0.1, 0.15) is 22.7 Å². The number of halogens is 7. The van der Waals surface area contributed by atoms with Crippen molar-refractivity contribution in [3.8, 4) is 17.6 Å². The van der Waals surface area contributed by atoms with Gasteiger partial charge in [-0.3, -0.25) is 14.2 Å². The minimum absolute atomic E-state index is 0.0620. The fourth-order valence-electron chi connectivity index (χ4n) is 2.97. The van der Waals surface area contributed by atoms with Crippen LogP contribution in [0.1, 0.15) is 28.3 Å². The van der Waals surface area contributed by atoms with Gasteiger partial charge < -0.3 is 9.72 Å². The van der Waals surface area contributed by atoms with Crippen LogP contribution in [-0.4, -0.2) is 25.7 Å². The van der Waals surface area contributed by atoms with Crippen molar-refractivity contribution in [1.82, 2.24) is 19.5 Å². The molecule has 0 atom stereocenters. The molecule has 0 spiro atoms. The summed E-state index contributed by atoms with van der Waals surface area (Å²) in [6.07, 6.45) is -5.68. The van der Waals surface area contributed by atoms with Crippen LogP contribution in [0.2, 0.25) is 5.02 Å². The number of benzene rings is 1. The van der Waals surface area contributed by atoms with E-state index in [2.05, 4.69) is 30.9 Å². The molecule has 35 heavy (non-hydrogen) atoms. The van der Waals surface area contributed by atoms with Crippen LogP contribution >= 0.6 is 27.5 Å². The molecule has 0 aliphatic rings. The molecule has 3 rings (SSSR count). The molecular formula is C20H12BrClF5N5O3. The molecular weight excluding hydrogens is 569 g/mol. The molecule has 3 aromatic rings. The van der Waals surface area contributed by atoms with E-state index in [0.717, 1.165) is 6.07 Å². The second-order valence-electron chi connectivity index (χ2n) is 7.12. The molecule has 0 bridgehead atoms. The van der Waals surface area contributed by atoms with Crippen LogP contribution < -0.4 is 15.9 Å². The van der Waals surface area contributed by atoms with E-state index < -0.39 is 52.0 Å². The van der Waals surface area contributed by atoms with Crippen LogP contribution in [0.3, 0.4) is 0 Å². The van der Waals surface area contributed by atoms with Crippen molar-refractivity contribution in [2.24, 2.45) is 0 Å². The first-order valence-electron chi connectivity index (χ1n) is 9.35. The maximum absolute atomic E-state index is 14.3. The Bertz CT molecular complexity index is 1480. The van der Waals surface area contributed by atoms with Crippen molar-refractivity contribution in [2.75, 3.05) is 0 Å². The first kappa shape index (κ1) is 26.3. The Kier molecular flexibility index (Phi) is 7.05. The number of nitriles is 1. The zero-order chi connectivity index (χ0) is 26.3. The summed E-state index contributed by atoms with van der Waals surface area (Å²) >= 11 is 9.03. The summed E-state index contributed by atoms with van der Waals surface area (Å²) in [5.74, 6) is -7.37. The summed E-state index contributed by atoms with van der Waals surface area (Å²) in [5.41, 5.74) is -4.21. The number of rotatable bonds is 5. The van der Waals surface area contributed by atoms with Crippen LogP contribution in [0.15, 0.2) is 32.5 Å². The Balaban J connectivity index is 2.26. The maximum atomic E-state index is 14.3. The smallest absolute Gasteiger partial charge is 0.448 e. The van der Waals surface area contributed by atoms with E-state index in [0.29, 0.717) is 10.9 Å². The second-order valence-corrected chi connectivity index (χ2v) is 8.42. The summed E-state index contributed by atoms with van der Waals surface area (Å²) in [7, 11) is 0. The van der Waals surface area contributed by atoms with Crippen LogP contribution in [0.5, 0.6) is 11.5 Å². The van der Waals surface area contributed by atoms with Crippen LogP contribution in [0, 0.1) is 25.2 Å². The zero-order valence-electron chi connectivity index (χ0n) is 17.6. The molecule has 0 aliphatic heterocycles. The summed E-state index contributed by atoms with van der Waals surface area (Å²) in [4.78, 5) is 34.9. The van der Waals surface area contributed by atoms with Crippen molar-refractivity contribution in [3.05, 3.63) is 77.0 Å². The van der Waals surface area contributed by atoms with Crippen LogP contribution in [0.25, 0.3) is 0 Å². The third-order valence-electron chi connectivity index (χ3n) is 4.66. The van der Waals surface area contributed by atoms with Gasteiger partial charge in [-0.1, -0.05) is 27.5 Å². The quantitative estimate of drug-likeness (QED) is 0.437. The van der Waals surface area contributed by atoms with Gasteiger partial charge in [-0.2, -0.15) is 27.2 Å². The standard InChI is InChI=1S/C20H12BrClF5N5O3/c1-8-12(17(33)31-9(2)30-8)6-32-7-29-16(19(23,24)20(25,26)27)15(18(32)34)35-13-4-11(21)3-10(5-28)14(13)22/h3-4,7H,6H2,1-2H3,(H,30,31,33). The van der Waals surface area contributed by atoms with Gasteiger partial charge in [0.2, 0.25) is 5.75 Å². The fraction of sp³-hybridized carbons (Fsp3) is 0.250. The number of aromatic amines is 1. The van der Waals surface area contributed by atoms with E-state index >= 15 is 0 Å². The first-order chi connectivity index (χ1) is 16.2. The predicted octanol–water partition coefficient (Wildman–Crippen LogP) is 4.73. The third-order valence-corrected chi connectivity index (χ3v) is 5.50. The number of aryl methyl sites for hydroxylation is 2. The van der Waals surface area contributed by atoms with Crippen molar-refractivity contribution in [1.29, 1.82) is 5.26 Å². The average molecular weight is 581 g/mol. The van der Waals surface area contributed by atoms with Crippen molar-refractivity contribution in [2.45, 2.75) is 32.5 Å². The van der Waals surface area contributed by atoms with Gasteiger partial charge in [0.05, 0.1) is 24.0 Å². The average Bonchev–Trinajstić information content (AvgIpc) is 2.74. The molecule has 0 saturated heterocycles. The monoisotopic (exact) mass is 579 g/mol. The Morgan fingerprint density at radius 1 is 1.23 bits per heavy atom. The highest BCUT2D eigenvalue weighted by Crippen LogP contribution is 2.46. The normalized spacial score (nSPS) is 11.9. The van der Waals surface area contributed by atoms with Gasteiger partial charge in [-0.25, -0.2) is 9.97 Å². The van der Waals surface area contributed by atoms with Crippen molar-refractivity contribution < 1.29 is 26.7 Å². The number of ether oxygens (including phenoxy) is 1. The minimum Gasteiger partial charge on any atom is -0.448 e. The maximum Gasteiger partial charge on any atom is 0.459 e. The summed E-state index contributed by atoms with van der Waals surface area (Å²) in [5, 5.41) is 8.72. The number of alkyl halides is 5. The number of hydrogen-bond donors (Lipinski definition) is 1. The number of hydrogen-bond acceptors (Lipinski definition) is 6. The molecule has 0 saturated carbocycles. The molecule has 0 radical (unpaired) electrons. The Morgan fingerprint density at radius 2 is 1.89 bits per heavy atom. The second kappa shape index (κ2) is 9.38. The highest BCUT2D eigenvalue weighted by Gasteiger charge is 2.62. The van der Waals surface area contributed by atoms with Crippen molar-refractivity contribution >= 4 is 27.5 Å². The van der Waals surface area contributed by atoms with Crippen molar-refractivity contribution in [3.63, 3.8) is 0 Å². The SMILES string of the molecule is Cc1nc(C)c(Cn2cnc(C(F)(F)C(F)(F)F)c(Oc3cc(Br)cc(C#N)c3Cl)c2=O)c(=O)[nH]1. The van der Waals surface area contributed by atoms with E-state index in [1.54, 1.807) is 6.07 Å². The van der Waals surface area contributed by atoms with Crippen LogP contribution in [0.4, 0.5) is 22.0 Å². The fourth-order valence-corrected chi connectivity index (χ4v) is 3.60. The third kappa shape index (κ3) is 5.06. The van der Waals surface area contributed by atoms with Gasteiger partial charge in [0.15, 0.2) is 5.69 Å². The van der Waals surface area contributed by atoms with E-state index in [4.69, 9.17) is 21.6 Å². The van der Waals surface area contributed by atoms with Gasteiger partial charge >= 0.3 is 12.1 Å². The minimum atomic E-state index is -6.12. The molecule has 184 valence electrons.